The Morgan fingerprint density at radius 3 is 2.50 bits per heavy atom. The van der Waals surface area contributed by atoms with Gasteiger partial charge in [-0.25, -0.2) is 0 Å². The van der Waals surface area contributed by atoms with Crippen LogP contribution in [0.25, 0.3) is 0 Å². The van der Waals surface area contributed by atoms with Crippen LogP contribution in [0.5, 0.6) is 0 Å². The monoisotopic (exact) mass is 195 g/mol. The molecule has 0 aromatic heterocycles. The summed E-state index contributed by atoms with van der Waals surface area (Å²) in [6.45, 7) is -0.297. The molecule has 0 spiro atoms. The first kappa shape index (κ1) is 10.2. The fourth-order valence-corrected chi connectivity index (χ4v) is 1.48. The summed E-state index contributed by atoms with van der Waals surface area (Å²) in [6, 6.07) is -0.865. The molecular formula is C6H13NO4S. The normalized spacial score (nSPS) is 49.2. The maximum Gasteiger partial charge on any atom is 0.172 e. The average Bonchev–Trinajstić information content (AvgIpc) is 2.08. The number of nitrogens with two attached hydrogens (primary N) is 1. The Labute approximate surface area is 75.5 Å². The van der Waals surface area contributed by atoms with E-state index in [9.17, 15) is 5.11 Å². The topological polar surface area (TPSA) is 95.9 Å². The number of aliphatic hydroxyl groups is 3. The quantitative estimate of drug-likeness (QED) is 0.303. The zero-order valence-electron chi connectivity index (χ0n) is 6.37. The van der Waals surface area contributed by atoms with Crippen molar-refractivity contribution in [3.8, 4) is 0 Å². The number of rotatable bonds is 1. The molecule has 0 aromatic carbocycles. The summed E-state index contributed by atoms with van der Waals surface area (Å²) in [5.41, 5.74) is 5.37. The lowest BCUT2D eigenvalue weighted by Crippen LogP contribution is -2.60. The summed E-state index contributed by atoms with van der Waals surface area (Å²) >= 11 is 4.01. The van der Waals surface area contributed by atoms with E-state index in [-0.39, 0.29) is 6.61 Å². The van der Waals surface area contributed by atoms with Crippen LogP contribution in [0.3, 0.4) is 0 Å². The van der Waals surface area contributed by atoms with Crippen LogP contribution >= 0.6 is 12.6 Å². The van der Waals surface area contributed by atoms with Gasteiger partial charge in [-0.05, 0) is 0 Å². The Morgan fingerprint density at radius 2 is 2.00 bits per heavy atom. The summed E-state index contributed by atoms with van der Waals surface area (Å²) < 4.78 is 4.87. The third kappa shape index (κ3) is 1.73. The summed E-state index contributed by atoms with van der Waals surface area (Å²) in [5.74, 6) is 0. The Balaban J connectivity index is 2.63. The van der Waals surface area contributed by atoms with Crippen LogP contribution in [0.1, 0.15) is 0 Å². The molecule has 1 saturated heterocycles. The minimum Gasteiger partial charge on any atom is -0.394 e. The molecule has 5 N–H and O–H groups in total. The minimum atomic E-state index is -1.24. The molecule has 6 heteroatoms. The molecule has 1 unspecified atom stereocenters. The van der Waals surface area contributed by atoms with E-state index in [1.165, 1.54) is 0 Å². The van der Waals surface area contributed by atoms with E-state index in [1.54, 1.807) is 0 Å². The van der Waals surface area contributed by atoms with Crippen LogP contribution < -0.4 is 5.73 Å². The van der Waals surface area contributed by atoms with E-state index in [1.807, 2.05) is 0 Å². The van der Waals surface area contributed by atoms with Gasteiger partial charge in [-0.15, -0.1) is 0 Å². The number of hydrogen-bond donors (Lipinski definition) is 5. The lowest BCUT2D eigenvalue weighted by atomic mass is 10.0. The third-order valence-corrected chi connectivity index (χ3v) is 2.59. The lowest BCUT2D eigenvalue weighted by molar-refractivity contribution is -0.204. The van der Waals surface area contributed by atoms with Crippen LogP contribution in [0, 0.1) is 0 Å². The second-order valence-corrected chi connectivity index (χ2v) is 3.40. The van der Waals surface area contributed by atoms with Crippen molar-refractivity contribution in [3.05, 3.63) is 0 Å². The van der Waals surface area contributed by atoms with E-state index in [4.69, 9.17) is 20.7 Å². The Morgan fingerprint density at radius 1 is 1.42 bits per heavy atom. The van der Waals surface area contributed by atoms with Gasteiger partial charge < -0.3 is 25.8 Å². The Kier molecular flexibility index (Phi) is 3.33. The van der Waals surface area contributed by atoms with Gasteiger partial charge in [-0.3, -0.25) is 0 Å². The van der Waals surface area contributed by atoms with Gasteiger partial charge in [0.1, 0.15) is 0 Å². The first-order valence-electron chi connectivity index (χ1n) is 3.64. The molecule has 1 heterocycles. The van der Waals surface area contributed by atoms with Crippen molar-refractivity contribution in [1.82, 2.24) is 0 Å². The molecule has 5 atom stereocenters. The maximum absolute atomic E-state index is 9.37. The zero-order chi connectivity index (χ0) is 9.30. The van der Waals surface area contributed by atoms with Gasteiger partial charge in [0.15, 0.2) is 6.29 Å². The lowest BCUT2D eigenvalue weighted by Gasteiger charge is -2.38. The van der Waals surface area contributed by atoms with Crippen LogP contribution in [0.15, 0.2) is 0 Å². The number of ether oxygens (including phenoxy) is 1. The molecule has 1 aliphatic rings. The van der Waals surface area contributed by atoms with Crippen molar-refractivity contribution in [2.75, 3.05) is 6.61 Å². The molecule has 1 rings (SSSR count). The van der Waals surface area contributed by atoms with Crippen molar-refractivity contribution < 1.29 is 20.1 Å². The van der Waals surface area contributed by atoms with Crippen molar-refractivity contribution in [2.24, 2.45) is 5.73 Å². The van der Waals surface area contributed by atoms with Crippen molar-refractivity contribution in [3.63, 3.8) is 0 Å². The van der Waals surface area contributed by atoms with Gasteiger partial charge in [0.05, 0.1) is 30.1 Å². The van der Waals surface area contributed by atoms with Gasteiger partial charge in [0, 0.05) is 0 Å². The maximum atomic E-state index is 9.37. The minimum absolute atomic E-state index is 0.297. The first-order valence-corrected chi connectivity index (χ1v) is 4.15. The van der Waals surface area contributed by atoms with Gasteiger partial charge in [0.25, 0.3) is 0 Å². The Bertz CT molecular complexity index is 154. The Hall–Kier alpha value is 0.150. The van der Waals surface area contributed by atoms with E-state index < -0.39 is 29.8 Å². The zero-order valence-corrected chi connectivity index (χ0v) is 7.26. The van der Waals surface area contributed by atoms with Gasteiger partial charge >= 0.3 is 0 Å². The van der Waals surface area contributed by atoms with Crippen LogP contribution in [0.4, 0.5) is 0 Å². The van der Waals surface area contributed by atoms with Crippen molar-refractivity contribution in [1.29, 1.82) is 0 Å². The molecule has 0 saturated carbocycles. The summed E-state index contributed by atoms with van der Waals surface area (Å²) in [4.78, 5) is 0. The van der Waals surface area contributed by atoms with E-state index in [0.29, 0.717) is 0 Å². The molecule has 1 aliphatic heterocycles. The van der Waals surface area contributed by atoms with Crippen molar-refractivity contribution in [2.45, 2.75) is 29.8 Å². The predicted molar refractivity (Wildman–Crippen MR) is 44.7 cm³/mol. The molecule has 5 nitrogen and oxygen atoms in total. The van der Waals surface area contributed by atoms with E-state index in [2.05, 4.69) is 12.6 Å². The second kappa shape index (κ2) is 3.91. The number of aliphatic hydroxyl groups excluding tert-OH is 3. The van der Waals surface area contributed by atoms with Gasteiger partial charge in [-0.1, -0.05) is 0 Å². The van der Waals surface area contributed by atoms with Gasteiger partial charge in [0.2, 0.25) is 0 Å². The average molecular weight is 195 g/mol. The molecule has 12 heavy (non-hydrogen) atoms. The van der Waals surface area contributed by atoms with Crippen LogP contribution in [-0.2, 0) is 4.74 Å². The highest BCUT2D eigenvalue weighted by molar-refractivity contribution is 7.81. The second-order valence-electron chi connectivity index (χ2n) is 2.81. The fraction of sp³-hybridized carbons (Fsp3) is 1.00. The SMILES string of the molecule is N[C@H]1[C@H](O)O[C@H](CO)C(S)[C@@H]1O. The molecule has 1 fully saturated rings. The molecule has 0 radical (unpaired) electrons. The van der Waals surface area contributed by atoms with Crippen LogP contribution in [-0.4, -0.2) is 51.7 Å². The highest BCUT2D eigenvalue weighted by Crippen LogP contribution is 2.22. The van der Waals surface area contributed by atoms with Crippen LogP contribution in [0.2, 0.25) is 0 Å². The summed E-state index contributed by atoms with van der Waals surface area (Å²) in [7, 11) is 0. The van der Waals surface area contributed by atoms with Crippen molar-refractivity contribution >= 4 is 12.6 Å². The van der Waals surface area contributed by atoms with Gasteiger partial charge in [-0.2, -0.15) is 12.6 Å². The number of hydrogen-bond acceptors (Lipinski definition) is 6. The fourth-order valence-electron chi connectivity index (χ4n) is 1.12. The highest BCUT2D eigenvalue weighted by Gasteiger charge is 2.40. The molecule has 0 aromatic rings. The largest absolute Gasteiger partial charge is 0.394 e. The smallest absolute Gasteiger partial charge is 0.172 e. The summed E-state index contributed by atoms with van der Waals surface area (Å²) in [5, 5.41) is 26.7. The highest BCUT2D eigenvalue weighted by atomic mass is 32.1. The molecule has 72 valence electrons. The third-order valence-electron chi connectivity index (χ3n) is 1.95. The molecule has 0 amide bonds. The molecular weight excluding hydrogens is 182 g/mol. The molecule has 0 aliphatic carbocycles. The number of thiol groups is 1. The predicted octanol–water partition coefficient (Wildman–Crippen LogP) is -2.32. The molecule has 0 bridgehead atoms. The first-order chi connectivity index (χ1) is 5.57. The summed E-state index contributed by atoms with van der Waals surface area (Å²) in [6.07, 6.45) is -2.87. The standard InChI is InChI=1S/C6H13NO4S/c7-3-4(9)5(12)2(1-8)11-6(3)10/h2-6,8-10,12H,1,7H2/t2-,3-,4-,5?,6-/m1/s1. The van der Waals surface area contributed by atoms with E-state index in [0.717, 1.165) is 0 Å². The van der Waals surface area contributed by atoms with E-state index >= 15 is 0 Å².